The predicted molar refractivity (Wildman–Crippen MR) is 102 cm³/mol. The molecule has 0 saturated carbocycles. The Balaban J connectivity index is 1.83. The van der Waals surface area contributed by atoms with Gasteiger partial charge in [-0.1, -0.05) is 62.4 Å². The summed E-state index contributed by atoms with van der Waals surface area (Å²) in [7, 11) is 0. The molecule has 0 N–H and O–H groups in total. The highest BCUT2D eigenvalue weighted by Gasteiger charge is 2.36. The van der Waals surface area contributed by atoms with Crippen LogP contribution in [0, 0.1) is 0 Å². The quantitative estimate of drug-likeness (QED) is 0.488. The summed E-state index contributed by atoms with van der Waals surface area (Å²) in [4.78, 5) is 2.12. The number of nitrogens with zero attached hydrogens (tertiary/aromatic N) is 1. The number of halogens is 3. The first-order valence-electron chi connectivity index (χ1n) is 8.91. The van der Waals surface area contributed by atoms with E-state index in [1.807, 2.05) is 36.4 Å². The summed E-state index contributed by atoms with van der Waals surface area (Å²) in [6.07, 6.45) is -4.34. The third-order valence-corrected chi connectivity index (χ3v) is 5.33. The summed E-state index contributed by atoms with van der Waals surface area (Å²) in [5, 5.41) is 0. The predicted octanol–water partition coefficient (Wildman–Crippen LogP) is 6.68. The largest absolute Gasteiger partial charge is 0.416 e. The van der Waals surface area contributed by atoms with Crippen LogP contribution in [0.4, 0.5) is 24.5 Å². The maximum absolute atomic E-state index is 13.1. The van der Waals surface area contributed by atoms with E-state index in [1.165, 1.54) is 23.3 Å². The van der Waals surface area contributed by atoms with Crippen LogP contribution in [0.5, 0.6) is 0 Å². The van der Waals surface area contributed by atoms with Crippen LogP contribution < -0.4 is 4.90 Å². The van der Waals surface area contributed by atoms with Gasteiger partial charge in [-0.15, -0.1) is 0 Å². The highest BCUT2D eigenvalue weighted by atomic mass is 19.4. The average Bonchev–Trinajstić information content (AvgIpc) is 2.65. The molecule has 0 unspecified atom stereocenters. The molecular formula is C23H20F3N. The van der Waals surface area contributed by atoms with E-state index < -0.39 is 11.7 Å². The van der Waals surface area contributed by atoms with Crippen LogP contribution in [-0.4, -0.2) is 0 Å². The van der Waals surface area contributed by atoms with Gasteiger partial charge in [0.2, 0.25) is 0 Å². The Morgan fingerprint density at radius 3 is 1.89 bits per heavy atom. The van der Waals surface area contributed by atoms with Crippen molar-refractivity contribution < 1.29 is 13.2 Å². The number of hydrogen-bond acceptors (Lipinski definition) is 1. The zero-order valence-corrected chi connectivity index (χ0v) is 15.2. The van der Waals surface area contributed by atoms with Crippen molar-refractivity contribution in [3.05, 3.63) is 95.1 Å². The molecule has 0 atom stereocenters. The van der Waals surface area contributed by atoms with Gasteiger partial charge in [0, 0.05) is 23.3 Å². The number of benzene rings is 3. The summed E-state index contributed by atoms with van der Waals surface area (Å²) in [6.45, 7) is 4.76. The monoisotopic (exact) mass is 367 g/mol. The molecule has 0 aliphatic carbocycles. The van der Waals surface area contributed by atoms with Gasteiger partial charge in [-0.25, -0.2) is 0 Å². The van der Waals surface area contributed by atoms with Crippen molar-refractivity contribution >= 4 is 11.4 Å². The zero-order valence-electron chi connectivity index (χ0n) is 15.2. The van der Waals surface area contributed by atoms with Crippen LogP contribution in [0.1, 0.15) is 36.1 Å². The third kappa shape index (κ3) is 2.99. The molecule has 0 spiro atoms. The normalized spacial score (nSPS) is 15.2. The fourth-order valence-electron chi connectivity index (χ4n) is 3.95. The fourth-order valence-corrected chi connectivity index (χ4v) is 3.95. The van der Waals surface area contributed by atoms with E-state index in [-0.39, 0.29) is 5.41 Å². The molecule has 27 heavy (non-hydrogen) atoms. The molecule has 1 heterocycles. The van der Waals surface area contributed by atoms with Crippen molar-refractivity contribution in [2.24, 2.45) is 0 Å². The van der Waals surface area contributed by atoms with Crippen LogP contribution >= 0.6 is 0 Å². The molecule has 3 aromatic carbocycles. The summed E-state index contributed by atoms with van der Waals surface area (Å²) in [6, 6.07) is 21.8. The molecule has 0 bridgehead atoms. The van der Waals surface area contributed by atoms with Gasteiger partial charge in [-0.3, -0.25) is 0 Å². The van der Waals surface area contributed by atoms with Gasteiger partial charge in [0.25, 0.3) is 0 Å². The average molecular weight is 367 g/mol. The fraction of sp³-hybridized carbons (Fsp3) is 0.217. The van der Waals surface area contributed by atoms with E-state index in [1.54, 1.807) is 6.07 Å². The Morgan fingerprint density at radius 1 is 0.778 bits per heavy atom. The van der Waals surface area contributed by atoms with Gasteiger partial charge >= 0.3 is 6.18 Å². The molecule has 0 saturated heterocycles. The molecular weight excluding hydrogens is 347 g/mol. The lowest BCUT2D eigenvalue weighted by Crippen LogP contribution is -2.32. The van der Waals surface area contributed by atoms with Crippen LogP contribution in [0.2, 0.25) is 0 Å². The van der Waals surface area contributed by atoms with Gasteiger partial charge in [-0.05, 0) is 41.0 Å². The summed E-state index contributed by atoms with van der Waals surface area (Å²) in [5.74, 6) is 0. The molecule has 1 aliphatic heterocycles. The van der Waals surface area contributed by atoms with Crippen LogP contribution in [-0.2, 0) is 18.1 Å². The molecule has 1 nitrogen and oxygen atoms in total. The number of fused-ring (bicyclic) bond motifs is 2. The van der Waals surface area contributed by atoms with E-state index in [0.29, 0.717) is 12.1 Å². The molecule has 4 rings (SSSR count). The second kappa shape index (κ2) is 6.15. The van der Waals surface area contributed by atoms with Gasteiger partial charge in [-0.2, -0.15) is 13.2 Å². The maximum atomic E-state index is 13.1. The summed E-state index contributed by atoms with van der Waals surface area (Å²) >= 11 is 0. The number of anilines is 2. The van der Waals surface area contributed by atoms with E-state index in [4.69, 9.17) is 0 Å². The standard InChI is InChI=1S/C23H20F3N/c1-22(2)18-10-3-5-12-20(18)27(21-13-6-4-11-19(21)22)15-16-8-7-9-17(14-16)23(24,25)26/h3-14H,15H2,1-2H3. The number of rotatable bonds is 2. The molecule has 0 radical (unpaired) electrons. The van der Waals surface area contributed by atoms with Crippen molar-refractivity contribution in [1.29, 1.82) is 0 Å². The third-order valence-electron chi connectivity index (χ3n) is 5.33. The van der Waals surface area contributed by atoms with Crippen molar-refractivity contribution in [3.8, 4) is 0 Å². The lowest BCUT2D eigenvalue weighted by Gasteiger charge is -2.42. The van der Waals surface area contributed by atoms with Crippen LogP contribution in [0.25, 0.3) is 0 Å². The highest BCUT2D eigenvalue weighted by Crippen LogP contribution is 2.49. The van der Waals surface area contributed by atoms with E-state index in [0.717, 1.165) is 17.4 Å². The Bertz CT molecular complexity index is 939. The lowest BCUT2D eigenvalue weighted by molar-refractivity contribution is -0.137. The number of alkyl halides is 3. The minimum atomic E-state index is -4.34. The highest BCUT2D eigenvalue weighted by molar-refractivity contribution is 5.77. The van der Waals surface area contributed by atoms with Crippen LogP contribution in [0.15, 0.2) is 72.8 Å². The topological polar surface area (TPSA) is 3.24 Å². The molecule has 0 amide bonds. The van der Waals surface area contributed by atoms with E-state index >= 15 is 0 Å². The Labute approximate surface area is 157 Å². The van der Waals surface area contributed by atoms with Crippen molar-refractivity contribution in [1.82, 2.24) is 0 Å². The minimum absolute atomic E-state index is 0.169. The molecule has 0 fully saturated rings. The van der Waals surface area contributed by atoms with E-state index in [9.17, 15) is 13.2 Å². The Morgan fingerprint density at radius 2 is 1.33 bits per heavy atom. The van der Waals surface area contributed by atoms with Gasteiger partial charge in [0.05, 0.1) is 5.56 Å². The molecule has 1 aliphatic rings. The zero-order chi connectivity index (χ0) is 19.2. The molecule has 3 aromatic rings. The number of para-hydroxylation sites is 2. The minimum Gasteiger partial charge on any atom is -0.336 e. The summed E-state index contributed by atoms with van der Waals surface area (Å²) in [5.41, 5.74) is 4.29. The maximum Gasteiger partial charge on any atom is 0.416 e. The second-order valence-corrected chi connectivity index (χ2v) is 7.44. The van der Waals surface area contributed by atoms with Gasteiger partial charge < -0.3 is 4.90 Å². The molecule has 138 valence electrons. The SMILES string of the molecule is CC1(C)c2ccccc2N(Cc2cccc(C(F)(F)F)c2)c2ccccc21. The first-order chi connectivity index (χ1) is 12.8. The van der Waals surface area contributed by atoms with Crippen molar-refractivity contribution in [2.75, 3.05) is 4.90 Å². The van der Waals surface area contributed by atoms with Gasteiger partial charge in [0.1, 0.15) is 0 Å². The van der Waals surface area contributed by atoms with Crippen molar-refractivity contribution in [3.63, 3.8) is 0 Å². The second-order valence-electron chi connectivity index (χ2n) is 7.44. The number of hydrogen-bond donors (Lipinski definition) is 0. The van der Waals surface area contributed by atoms with E-state index in [2.05, 4.69) is 30.9 Å². The van der Waals surface area contributed by atoms with Crippen LogP contribution in [0.3, 0.4) is 0 Å². The van der Waals surface area contributed by atoms with Gasteiger partial charge in [0.15, 0.2) is 0 Å². The first-order valence-corrected chi connectivity index (χ1v) is 8.91. The lowest BCUT2D eigenvalue weighted by atomic mass is 9.73. The smallest absolute Gasteiger partial charge is 0.336 e. The Kier molecular flexibility index (Phi) is 4.02. The van der Waals surface area contributed by atoms with Crippen molar-refractivity contribution in [2.45, 2.75) is 32.0 Å². The molecule has 4 heteroatoms. The summed E-state index contributed by atoms with van der Waals surface area (Å²) < 4.78 is 39.3. The molecule has 0 aromatic heterocycles. The first kappa shape index (κ1) is 17.7. The Hall–Kier alpha value is -2.75.